The van der Waals surface area contributed by atoms with Gasteiger partial charge in [-0.1, -0.05) is 32.9 Å². The third-order valence-corrected chi connectivity index (χ3v) is 1.44. The van der Waals surface area contributed by atoms with E-state index in [0.29, 0.717) is 6.54 Å². The molecule has 0 aromatic heterocycles. The second kappa shape index (κ2) is 5.62. The Balaban J connectivity index is 3.36. The van der Waals surface area contributed by atoms with Crippen LogP contribution in [0.25, 0.3) is 0 Å². The minimum atomic E-state index is -0.945. The van der Waals surface area contributed by atoms with E-state index in [0.717, 1.165) is 12.8 Å². The summed E-state index contributed by atoms with van der Waals surface area (Å²) in [5, 5.41) is 10.6. The predicted octanol–water partition coefficient (Wildman–Crippen LogP) is 2.64. The number of rotatable bonds is 4. The van der Waals surface area contributed by atoms with E-state index < -0.39 is 6.09 Å². The van der Waals surface area contributed by atoms with Crippen LogP contribution in [0.15, 0.2) is 12.2 Å². The lowest BCUT2D eigenvalue weighted by Gasteiger charge is -2.10. The summed E-state index contributed by atoms with van der Waals surface area (Å²) in [5.74, 6) is 0. The molecule has 76 valence electrons. The molecule has 0 radical (unpaired) electrons. The number of nitrogens with one attached hydrogen (secondary N) is 1. The van der Waals surface area contributed by atoms with E-state index in [9.17, 15) is 4.79 Å². The maximum Gasteiger partial charge on any atom is 0.404 e. The van der Waals surface area contributed by atoms with E-state index in [4.69, 9.17) is 5.11 Å². The van der Waals surface area contributed by atoms with Crippen LogP contribution in [0.3, 0.4) is 0 Å². The first-order valence-electron chi connectivity index (χ1n) is 4.56. The lowest BCUT2D eigenvalue weighted by Crippen LogP contribution is -2.21. The highest BCUT2D eigenvalue weighted by atomic mass is 16.4. The van der Waals surface area contributed by atoms with Crippen molar-refractivity contribution in [3.8, 4) is 0 Å². The van der Waals surface area contributed by atoms with E-state index in [1.54, 1.807) is 0 Å². The molecule has 0 saturated heterocycles. The molecular weight excluding hydrogens is 166 g/mol. The van der Waals surface area contributed by atoms with Crippen molar-refractivity contribution in [2.75, 3.05) is 6.54 Å². The van der Waals surface area contributed by atoms with Crippen LogP contribution >= 0.6 is 0 Å². The summed E-state index contributed by atoms with van der Waals surface area (Å²) in [6, 6.07) is 0. The van der Waals surface area contributed by atoms with E-state index in [2.05, 4.69) is 38.2 Å². The Morgan fingerprint density at radius 2 is 2.08 bits per heavy atom. The molecule has 0 spiro atoms. The standard InChI is InChI=1S/C10H19NO2/c1-10(2,3)7-5-4-6-8-11-9(12)13/h5,7,11H,4,6,8H2,1-3H3,(H,12,13). The monoisotopic (exact) mass is 185 g/mol. The van der Waals surface area contributed by atoms with Gasteiger partial charge in [-0.2, -0.15) is 0 Å². The summed E-state index contributed by atoms with van der Waals surface area (Å²) in [6.07, 6.45) is 5.09. The van der Waals surface area contributed by atoms with Crippen molar-refractivity contribution in [1.82, 2.24) is 5.32 Å². The van der Waals surface area contributed by atoms with Crippen LogP contribution in [-0.4, -0.2) is 17.7 Å². The summed E-state index contributed by atoms with van der Waals surface area (Å²) < 4.78 is 0. The van der Waals surface area contributed by atoms with Crippen LogP contribution in [0.1, 0.15) is 33.6 Å². The molecule has 0 aliphatic rings. The molecule has 0 rings (SSSR count). The van der Waals surface area contributed by atoms with Crippen LogP contribution in [0.2, 0.25) is 0 Å². The van der Waals surface area contributed by atoms with Crippen molar-refractivity contribution in [3.63, 3.8) is 0 Å². The summed E-state index contributed by atoms with van der Waals surface area (Å²) in [5.41, 5.74) is 0.222. The maximum atomic E-state index is 10.1. The summed E-state index contributed by atoms with van der Waals surface area (Å²) in [4.78, 5) is 10.1. The Morgan fingerprint density at radius 1 is 1.46 bits per heavy atom. The molecule has 3 heteroatoms. The van der Waals surface area contributed by atoms with E-state index in [-0.39, 0.29) is 5.41 Å². The van der Waals surface area contributed by atoms with E-state index in [1.165, 1.54) is 0 Å². The molecule has 3 nitrogen and oxygen atoms in total. The van der Waals surface area contributed by atoms with Gasteiger partial charge in [0.1, 0.15) is 0 Å². The Bertz CT molecular complexity index is 180. The van der Waals surface area contributed by atoms with Gasteiger partial charge in [-0.15, -0.1) is 0 Å². The molecule has 0 aromatic rings. The number of carbonyl (C=O) groups is 1. The van der Waals surface area contributed by atoms with Crippen molar-refractivity contribution < 1.29 is 9.90 Å². The first kappa shape index (κ1) is 12.0. The highest BCUT2D eigenvalue weighted by Crippen LogP contribution is 2.14. The van der Waals surface area contributed by atoms with Crippen LogP contribution in [0, 0.1) is 5.41 Å². The third kappa shape index (κ3) is 11.0. The minimum Gasteiger partial charge on any atom is -0.465 e. The molecule has 0 unspecified atom stereocenters. The molecule has 1 amide bonds. The lowest BCUT2D eigenvalue weighted by atomic mass is 9.96. The predicted molar refractivity (Wildman–Crippen MR) is 53.9 cm³/mol. The molecule has 0 aliphatic heterocycles. The molecule has 0 aliphatic carbocycles. The third-order valence-electron chi connectivity index (χ3n) is 1.44. The van der Waals surface area contributed by atoms with Crippen LogP contribution in [-0.2, 0) is 0 Å². The zero-order valence-electron chi connectivity index (χ0n) is 8.63. The van der Waals surface area contributed by atoms with E-state index >= 15 is 0 Å². The summed E-state index contributed by atoms with van der Waals surface area (Å²) in [6.45, 7) is 6.95. The fraction of sp³-hybridized carbons (Fsp3) is 0.700. The topological polar surface area (TPSA) is 49.3 Å². The first-order valence-corrected chi connectivity index (χ1v) is 4.56. The SMILES string of the molecule is CC(C)(C)C=CCCCNC(=O)O. The smallest absolute Gasteiger partial charge is 0.404 e. The zero-order chi connectivity index (χ0) is 10.3. The Morgan fingerprint density at radius 3 is 2.54 bits per heavy atom. The Labute approximate surface area is 79.8 Å². The molecule has 2 N–H and O–H groups in total. The highest BCUT2D eigenvalue weighted by molar-refractivity contribution is 5.64. The van der Waals surface area contributed by atoms with Gasteiger partial charge in [0.25, 0.3) is 0 Å². The quantitative estimate of drug-likeness (QED) is 0.522. The van der Waals surface area contributed by atoms with Gasteiger partial charge < -0.3 is 10.4 Å². The fourth-order valence-electron chi connectivity index (χ4n) is 0.852. The van der Waals surface area contributed by atoms with Gasteiger partial charge in [0.15, 0.2) is 0 Å². The lowest BCUT2D eigenvalue weighted by molar-refractivity contribution is 0.194. The summed E-state index contributed by atoms with van der Waals surface area (Å²) >= 11 is 0. The van der Waals surface area contributed by atoms with Crippen molar-refractivity contribution >= 4 is 6.09 Å². The maximum absolute atomic E-state index is 10.1. The Hall–Kier alpha value is -0.990. The normalized spacial score (nSPS) is 11.9. The number of hydrogen-bond donors (Lipinski definition) is 2. The molecule has 0 fully saturated rings. The highest BCUT2D eigenvalue weighted by Gasteiger charge is 2.02. The summed E-state index contributed by atoms with van der Waals surface area (Å²) in [7, 11) is 0. The van der Waals surface area contributed by atoms with Gasteiger partial charge in [-0.05, 0) is 18.3 Å². The number of hydrogen-bond acceptors (Lipinski definition) is 1. The average Bonchev–Trinajstić information content (AvgIpc) is 1.93. The largest absolute Gasteiger partial charge is 0.465 e. The zero-order valence-corrected chi connectivity index (χ0v) is 8.63. The Kier molecular flexibility index (Phi) is 5.19. The molecule has 0 heterocycles. The molecule has 0 bridgehead atoms. The van der Waals surface area contributed by atoms with Gasteiger partial charge in [0, 0.05) is 6.54 Å². The second-order valence-electron chi connectivity index (χ2n) is 4.14. The molecule has 0 aromatic carbocycles. The second-order valence-corrected chi connectivity index (χ2v) is 4.14. The fourth-order valence-corrected chi connectivity index (χ4v) is 0.852. The van der Waals surface area contributed by atoms with Crippen LogP contribution in [0.5, 0.6) is 0 Å². The minimum absolute atomic E-state index is 0.222. The van der Waals surface area contributed by atoms with Gasteiger partial charge in [-0.3, -0.25) is 0 Å². The molecule has 13 heavy (non-hydrogen) atoms. The molecule has 0 atom stereocenters. The number of allylic oxidation sites excluding steroid dienone is 2. The van der Waals surface area contributed by atoms with Crippen molar-refractivity contribution in [2.45, 2.75) is 33.6 Å². The van der Waals surface area contributed by atoms with Crippen LogP contribution < -0.4 is 5.32 Å². The average molecular weight is 185 g/mol. The van der Waals surface area contributed by atoms with Gasteiger partial charge in [0.2, 0.25) is 0 Å². The number of carboxylic acid groups (broad SMARTS) is 1. The number of unbranched alkanes of at least 4 members (excludes halogenated alkanes) is 1. The molecular formula is C10H19NO2. The van der Waals surface area contributed by atoms with Gasteiger partial charge in [0.05, 0.1) is 0 Å². The first-order chi connectivity index (χ1) is 5.92. The van der Waals surface area contributed by atoms with Crippen molar-refractivity contribution in [1.29, 1.82) is 0 Å². The van der Waals surface area contributed by atoms with Crippen LogP contribution in [0.4, 0.5) is 4.79 Å². The van der Waals surface area contributed by atoms with Gasteiger partial charge in [-0.25, -0.2) is 4.79 Å². The number of amides is 1. The van der Waals surface area contributed by atoms with Gasteiger partial charge >= 0.3 is 6.09 Å². The van der Waals surface area contributed by atoms with Crippen molar-refractivity contribution in [3.05, 3.63) is 12.2 Å². The molecule has 0 saturated carbocycles. The van der Waals surface area contributed by atoms with E-state index in [1.807, 2.05) is 0 Å². The van der Waals surface area contributed by atoms with Crippen molar-refractivity contribution in [2.24, 2.45) is 5.41 Å².